The van der Waals surface area contributed by atoms with E-state index < -0.39 is 0 Å². The van der Waals surface area contributed by atoms with Crippen molar-refractivity contribution in [1.82, 2.24) is 20.5 Å². The number of hydrogen-bond acceptors (Lipinski definition) is 5. The number of rotatable bonds is 11. The third kappa shape index (κ3) is 8.55. The zero-order chi connectivity index (χ0) is 21.6. The molecule has 7 nitrogen and oxygen atoms in total. The number of unbranched alkanes of at least 4 members (excludes halogenated alkanes) is 1. The highest BCUT2D eigenvalue weighted by Gasteiger charge is 2.12. The third-order valence-corrected chi connectivity index (χ3v) is 5.23. The Balaban J connectivity index is 1.43. The molecule has 0 saturated carbocycles. The molecule has 7 heteroatoms. The van der Waals surface area contributed by atoms with Crippen LogP contribution >= 0.6 is 0 Å². The fraction of sp³-hybridized carbons (Fsp3) is 0.500. The van der Waals surface area contributed by atoms with E-state index in [1.165, 1.54) is 11.1 Å². The number of aliphatic imine (C=N–C) groups is 1. The molecule has 1 aliphatic rings. The van der Waals surface area contributed by atoms with Gasteiger partial charge in [0.2, 0.25) is 0 Å². The highest BCUT2D eigenvalue weighted by atomic mass is 16.5. The number of hydrogen-bond donors (Lipinski definition) is 3. The summed E-state index contributed by atoms with van der Waals surface area (Å²) in [6, 6.07) is 14.5. The largest absolute Gasteiger partial charge is 0.379 e. The molecule has 1 aromatic heterocycles. The Labute approximate surface area is 186 Å². The van der Waals surface area contributed by atoms with Crippen LogP contribution in [-0.2, 0) is 17.8 Å². The quantitative estimate of drug-likeness (QED) is 0.293. The second-order valence-electron chi connectivity index (χ2n) is 7.63. The van der Waals surface area contributed by atoms with E-state index in [9.17, 15) is 0 Å². The lowest BCUT2D eigenvalue weighted by atomic mass is 10.1. The van der Waals surface area contributed by atoms with E-state index in [2.05, 4.69) is 57.0 Å². The summed E-state index contributed by atoms with van der Waals surface area (Å²) in [4.78, 5) is 11.6. The van der Waals surface area contributed by atoms with E-state index in [-0.39, 0.29) is 0 Å². The molecular weight excluding hydrogens is 388 g/mol. The minimum absolute atomic E-state index is 0.678. The van der Waals surface area contributed by atoms with E-state index >= 15 is 0 Å². The molecule has 1 aromatic carbocycles. The second-order valence-corrected chi connectivity index (χ2v) is 7.63. The standard InChI is InChI=1S/C24H36N6O/c1-2-25-24(28-14-8-7-13-27-23-11-5-6-12-26-23)29-19-21-9-3-4-10-22(21)20-30-15-17-31-18-16-30/h3-6,9-12H,2,7-8,13-20H2,1H3,(H,26,27)(H2,25,28,29). The van der Waals surface area contributed by atoms with E-state index in [0.29, 0.717) is 6.54 Å². The van der Waals surface area contributed by atoms with Gasteiger partial charge in [-0.1, -0.05) is 30.3 Å². The molecule has 0 aliphatic carbocycles. The Hall–Kier alpha value is -2.64. The number of aromatic nitrogens is 1. The number of anilines is 1. The number of guanidine groups is 1. The van der Waals surface area contributed by atoms with Gasteiger partial charge in [0, 0.05) is 45.5 Å². The molecule has 3 rings (SSSR count). The molecule has 0 radical (unpaired) electrons. The van der Waals surface area contributed by atoms with Gasteiger partial charge in [0.05, 0.1) is 19.8 Å². The Kier molecular flexibility index (Phi) is 10.1. The average Bonchev–Trinajstić information content (AvgIpc) is 2.82. The first-order chi connectivity index (χ1) is 15.3. The summed E-state index contributed by atoms with van der Waals surface area (Å²) < 4.78 is 5.47. The van der Waals surface area contributed by atoms with E-state index in [0.717, 1.165) is 77.1 Å². The van der Waals surface area contributed by atoms with Crippen LogP contribution in [0.5, 0.6) is 0 Å². The van der Waals surface area contributed by atoms with Crippen molar-refractivity contribution in [2.24, 2.45) is 4.99 Å². The molecule has 2 aromatic rings. The summed E-state index contributed by atoms with van der Waals surface area (Å²) in [5.41, 5.74) is 2.63. The molecule has 1 aliphatic heterocycles. The lowest BCUT2D eigenvalue weighted by molar-refractivity contribution is 0.0341. The van der Waals surface area contributed by atoms with Crippen molar-refractivity contribution in [3.05, 3.63) is 59.8 Å². The van der Waals surface area contributed by atoms with Crippen molar-refractivity contribution in [2.75, 3.05) is 51.3 Å². The van der Waals surface area contributed by atoms with Gasteiger partial charge >= 0.3 is 0 Å². The van der Waals surface area contributed by atoms with Crippen LogP contribution in [0.1, 0.15) is 30.9 Å². The van der Waals surface area contributed by atoms with E-state index in [1.54, 1.807) is 0 Å². The smallest absolute Gasteiger partial charge is 0.191 e. The first-order valence-electron chi connectivity index (χ1n) is 11.4. The Morgan fingerprint density at radius 2 is 1.77 bits per heavy atom. The molecule has 0 spiro atoms. The van der Waals surface area contributed by atoms with Gasteiger partial charge in [0.25, 0.3) is 0 Å². The highest BCUT2D eigenvalue weighted by Crippen LogP contribution is 2.14. The number of nitrogens with zero attached hydrogens (tertiary/aromatic N) is 3. The van der Waals surface area contributed by atoms with Gasteiger partial charge in [-0.05, 0) is 43.0 Å². The lowest BCUT2D eigenvalue weighted by Crippen LogP contribution is -2.38. The fourth-order valence-electron chi connectivity index (χ4n) is 3.51. The monoisotopic (exact) mass is 424 g/mol. The summed E-state index contributed by atoms with van der Waals surface area (Å²) in [5.74, 6) is 1.81. The molecule has 31 heavy (non-hydrogen) atoms. The maximum Gasteiger partial charge on any atom is 0.191 e. The molecule has 0 amide bonds. The van der Waals surface area contributed by atoms with Crippen molar-refractivity contribution in [3.8, 4) is 0 Å². The number of pyridine rings is 1. The molecule has 1 saturated heterocycles. The minimum atomic E-state index is 0.678. The van der Waals surface area contributed by atoms with Gasteiger partial charge < -0.3 is 20.7 Å². The third-order valence-electron chi connectivity index (χ3n) is 5.23. The SMILES string of the molecule is CCNC(=NCc1ccccc1CN1CCOCC1)NCCCCNc1ccccn1. The van der Waals surface area contributed by atoms with Crippen LogP contribution in [0.25, 0.3) is 0 Å². The molecule has 3 N–H and O–H groups in total. The Bertz CT molecular complexity index is 777. The van der Waals surface area contributed by atoms with Crippen LogP contribution in [0.3, 0.4) is 0 Å². The first kappa shape index (κ1) is 23.0. The van der Waals surface area contributed by atoms with Crippen molar-refractivity contribution in [1.29, 1.82) is 0 Å². The van der Waals surface area contributed by atoms with Crippen LogP contribution in [-0.4, -0.2) is 61.8 Å². The number of benzene rings is 1. The predicted octanol–water partition coefficient (Wildman–Crippen LogP) is 2.86. The second kappa shape index (κ2) is 13.6. The van der Waals surface area contributed by atoms with E-state index in [1.807, 2.05) is 24.4 Å². The minimum Gasteiger partial charge on any atom is -0.379 e. The maximum absolute atomic E-state index is 5.47. The van der Waals surface area contributed by atoms with E-state index in [4.69, 9.17) is 9.73 Å². The van der Waals surface area contributed by atoms with Crippen molar-refractivity contribution < 1.29 is 4.74 Å². The van der Waals surface area contributed by atoms with Crippen molar-refractivity contribution in [3.63, 3.8) is 0 Å². The molecule has 1 fully saturated rings. The lowest BCUT2D eigenvalue weighted by Gasteiger charge is -2.27. The van der Waals surface area contributed by atoms with Gasteiger partial charge in [0.15, 0.2) is 5.96 Å². The normalized spacial score (nSPS) is 14.9. The summed E-state index contributed by atoms with van der Waals surface area (Å²) in [5, 5.41) is 10.2. The topological polar surface area (TPSA) is 73.8 Å². The molecule has 0 unspecified atom stereocenters. The first-order valence-corrected chi connectivity index (χ1v) is 11.4. The Morgan fingerprint density at radius 3 is 2.55 bits per heavy atom. The van der Waals surface area contributed by atoms with Crippen LogP contribution in [0.4, 0.5) is 5.82 Å². The summed E-state index contributed by atoms with van der Waals surface area (Å²) >= 11 is 0. The van der Waals surface area contributed by atoms with Crippen LogP contribution < -0.4 is 16.0 Å². The van der Waals surface area contributed by atoms with Crippen LogP contribution in [0.2, 0.25) is 0 Å². The van der Waals surface area contributed by atoms with Crippen molar-refractivity contribution in [2.45, 2.75) is 32.9 Å². The van der Waals surface area contributed by atoms with Crippen molar-refractivity contribution >= 4 is 11.8 Å². The molecule has 0 bridgehead atoms. The Morgan fingerprint density at radius 1 is 1.00 bits per heavy atom. The van der Waals surface area contributed by atoms with Crippen LogP contribution in [0, 0.1) is 0 Å². The van der Waals surface area contributed by atoms with Gasteiger partial charge in [-0.25, -0.2) is 9.98 Å². The summed E-state index contributed by atoms with van der Waals surface area (Å²) in [7, 11) is 0. The zero-order valence-corrected chi connectivity index (χ0v) is 18.6. The summed E-state index contributed by atoms with van der Waals surface area (Å²) in [6.45, 7) is 10.0. The molecule has 0 atom stereocenters. The van der Waals surface area contributed by atoms with Gasteiger partial charge in [-0.3, -0.25) is 4.90 Å². The van der Waals surface area contributed by atoms with Gasteiger partial charge in [-0.2, -0.15) is 0 Å². The number of ether oxygens (including phenoxy) is 1. The van der Waals surface area contributed by atoms with Crippen LogP contribution in [0.15, 0.2) is 53.7 Å². The van der Waals surface area contributed by atoms with Gasteiger partial charge in [-0.15, -0.1) is 0 Å². The fourth-order valence-corrected chi connectivity index (χ4v) is 3.51. The van der Waals surface area contributed by atoms with Gasteiger partial charge in [0.1, 0.15) is 5.82 Å². The zero-order valence-electron chi connectivity index (χ0n) is 18.6. The summed E-state index contributed by atoms with van der Waals surface area (Å²) in [6.07, 6.45) is 3.95. The number of morpholine rings is 1. The molecule has 168 valence electrons. The average molecular weight is 425 g/mol. The highest BCUT2D eigenvalue weighted by molar-refractivity contribution is 5.79. The number of nitrogens with one attached hydrogen (secondary N) is 3. The maximum atomic E-state index is 5.47. The predicted molar refractivity (Wildman–Crippen MR) is 127 cm³/mol. The molecular formula is C24H36N6O. The molecule has 2 heterocycles.